The summed E-state index contributed by atoms with van der Waals surface area (Å²) in [6, 6.07) is 19.0. The Labute approximate surface area is 196 Å². The number of halogens is 2. The largest absolute Gasteiger partial charge is 0.421 e. The lowest BCUT2D eigenvalue weighted by molar-refractivity contribution is -0.129. The van der Waals surface area contributed by atoms with Gasteiger partial charge in [-0.2, -0.15) is 5.10 Å². The van der Waals surface area contributed by atoms with Gasteiger partial charge in [0.1, 0.15) is 0 Å². The number of nitrogens with zero attached hydrogens (tertiary/aromatic N) is 1. The highest BCUT2D eigenvalue weighted by Crippen LogP contribution is 2.32. The summed E-state index contributed by atoms with van der Waals surface area (Å²) in [7, 11) is 0. The number of aryl methyl sites for hydroxylation is 1. The molecule has 1 amide bonds. The lowest BCUT2D eigenvalue weighted by atomic mass is 10.1. The molecule has 0 radical (unpaired) electrons. The molecule has 3 aromatic rings. The third-order valence-electron chi connectivity index (χ3n) is 4.23. The molecule has 0 aliphatic rings. The number of rotatable bonds is 6. The smallest absolute Gasteiger partial charge is 0.343 e. The second-order valence-electron chi connectivity index (χ2n) is 6.61. The van der Waals surface area contributed by atoms with E-state index in [9.17, 15) is 14.7 Å². The van der Waals surface area contributed by atoms with Crippen molar-refractivity contribution in [1.82, 2.24) is 5.43 Å². The van der Waals surface area contributed by atoms with Crippen LogP contribution in [-0.2, 0) is 4.79 Å². The molecule has 1 unspecified atom stereocenters. The molecule has 2 N–H and O–H groups in total. The normalized spacial score (nSPS) is 11.9. The monoisotopic (exact) mass is 544 g/mol. The Balaban J connectivity index is 1.78. The second-order valence-corrected chi connectivity index (χ2v) is 8.38. The van der Waals surface area contributed by atoms with Crippen molar-refractivity contribution in [3.05, 3.63) is 97.9 Å². The van der Waals surface area contributed by atoms with Crippen LogP contribution < -0.4 is 10.2 Å². The van der Waals surface area contributed by atoms with Crippen molar-refractivity contribution >= 4 is 50.0 Å². The van der Waals surface area contributed by atoms with Crippen molar-refractivity contribution in [3.8, 4) is 5.75 Å². The van der Waals surface area contributed by atoms with E-state index in [0.29, 0.717) is 25.6 Å². The average Bonchev–Trinajstić information content (AvgIpc) is 2.75. The summed E-state index contributed by atoms with van der Waals surface area (Å²) in [5, 5.41) is 14.0. The van der Waals surface area contributed by atoms with Crippen LogP contribution in [0.3, 0.4) is 0 Å². The zero-order valence-corrected chi connectivity index (χ0v) is 19.6. The Bertz CT molecular complexity index is 1130. The number of aliphatic hydroxyl groups excluding tert-OH is 1. The van der Waals surface area contributed by atoms with E-state index >= 15 is 0 Å². The number of benzene rings is 3. The summed E-state index contributed by atoms with van der Waals surface area (Å²) in [6.07, 6.45) is -0.0181. The molecular weight excluding hydrogens is 528 g/mol. The predicted molar refractivity (Wildman–Crippen MR) is 125 cm³/mol. The molecule has 3 rings (SSSR count). The Morgan fingerprint density at radius 1 is 1.06 bits per heavy atom. The summed E-state index contributed by atoms with van der Waals surface area (Å²) < 4.78 is 6.83. The highest BCUT2D eigenvalue weighted by atomic mass is 79.9. The zero-order chi connectivity index (χ0) is 22.4. The van der Waals surface area contributed by atoms with Crippen molar-refractivity contribution in [3.63, 3.8) is 0 Å². The van der Waals surface area contributed by atoms with Gasteiger partial charge in [-0.05, 0) is 52.7 Å². The minimum atomic E-state index is -1.36. The molecule has 0 saturated heterocycles. The van der Waals surface area contributed by atoms with E-state index in [4.69, 9.17) is 4.74 Å². The number of hydrogen-bond donors (Lipinski definition) is 2. The molecule has 0 saturated carbocycles. The fraction of sp³-hybridized carbons (Fsp3) is 0.0870. The molecule has 0 aromatic heterocycles. The van der Waals surface area contributed by atoms with Crippen LogP contribution in [0.15, 0.2) is 80.8 Å². The fourth-order valence-corrected chi connectivity index (χ4v) is 4.06. The van der Waals surface area contributed by atoms with Crippen LogP contribution >= 0.6 is 31.9 Å². The van der Waals surface area contributed by atoms with Gasteiger partial charge in [-0.3, -0.25) is 4.79 Å². The van der Waals surface area contributed by atoms with Crippen LogP contribution in [-0.4, -0.2) is 23.2 Å². The van der Waals surface area contributed by atoms with Crippen LogP contribution in [0, 0.1) is 6.92 Å². The van der Waals surface area contributed by atoms with E-state index in [0.717, 1.165) is 5.56 Å². The maximum atomic E-state index is 12.6. The van der Waals surface area contributed by atoms with E-state index in [1.165, 1.54) is 6.21 Å². The van der Waals surface area contributed by atoms with Gasteiger partial charge in [-0.15, -0.1) is 0 Å². The average molecular weight is 546 g/mol. The molecule has 3 aromatic carbocycles. The maximum absolute atomic E-state index is 12.6. The Kier molecular flexibility index (Phi) is 7.73. The topological polar surface area (TPSA) is 88.0 Å². The van der Waals surface area contributed by atoms with Gasteiger partial charge >= 0.3 is 5.97 Å². The molecule has 0 spiro atoms. The highest BCUT2D eigenvalue weighted by molar-refractivity contribution is 9.11. The van der Waals surface area contributed by atoms with Gasteiger partial charge in [0.15, 0.2) is 11.9 Å². The molecule has 0 heterocycles. The summed E-state index contributed by atoms with van der Waals surface area (Å²) in [6.45, 7) is 1.89. The molecule has 0 aliphatic carbocycles. The first-order valence-corrected chi connectivity index (χ1v) is 10.8. The molecule has 158 valence electrons. The van der Waals surface area contributed by atoms with E-state index in [-0.39, 0.29) is 5.75 Å². The Morgan fingerprint density at radius 2 is 1.81 bits per heavy atom. The van der Waals surface area contributed by atoms with Gasteiger partial charge in [0.25, 0.3) is 5.91 Å². The van der Waals surface area contributed by atoms with E-state index in [2.05, 4.69) is 42.4 Å². The number of carbonyl (C=O) groups excluding carboxylic acids is 2. The van der Waals surface area contributed by atoms with Crippen LogP contribution in [0.5, 0.6) is 5.75 Å². The molecule has 6 nitrogen and oxygen atoms in total. The molecular formula is C23H18Br2N2O4. The molecule has 31 heavy (non-hydrogen) atoms. The third kappa shape index (κ3) is 6.10. The number of aliphatic hydroxyl groups is 1. The van der Waals surface area contributed by atoms with Gasteiger partial charge in [0, 0.05) is 10.0 Å². The lowest BCUT2D eigenvalue weighted by Gasteiger charge is -2.11. The van der Waals surface area contributed by atoms with Crippen LogP contribution in [0.4, 0.5) is 0 Å². The Hall–Kier alpha value is -2.81. The van der Waals surface area contributed by atoms with Gasteiger partial charge < -0.3 is 9.84 Å². The standard InChI is InChI=1S/C23H18Br2N2O4/c1-14-6-5-9-16(10-14)23(30)31-21-17(11-18(24)12-19(21)25)13-26-27-22(29)20(28)15-7-3-2-4-8-15/h2-13,20,28H,1H3,(H,27,29). The third-order valence-corrected chi connectivity index (χ3v) is 5.27. The minimum absolute atomic E-state index is 0.247. The van der Waals surface area contributed by atoms with Crippen LogP contribution in [0.25, 0.3) is 0 Å². The van der Waals surface area contributed by atoms with Gasteiger partial charge in [0.05, 0.1) is 16.3 Å². The minimum Gasteiger partial charge on any atom is -0.421 e. The van der Waals surface area contributed by atoms with Crippen molar-refractivity contribution < 1.29 is 19.4 Å². The number of hydrazone groups is 1. The number of ether oxygens (including phenoxy) is 1. The first-order chi connectivity index (χ1) is 14.8. The first-order valence-electron chi connectivity index (χ1n) is 9.19. The van der Waals surface area contributed by atoms with Crippen molar-refractivity contribution in [1.29, 1.82) is 0 Å². The predicted octanol–water partition coefficient (Wildman–Crippen LogP) is 4.92. The van der Waals surface area contributed by atoms with Crippen LogP contribution in [0.1, 0.15) is 33.2 Å². The summed E-state index contributed by atoms with van der Waals surface area (Å²) in [4.78, 5) is 24.8. The second kappa shape index (κ2) is 10.5. The van der Waals surface area contributed by atoms with E-state index in [1.54, 1.807) is 60.7 Å². The summed E-state index contributed by atoms with van der Waals surface area (Å²) >= 11 is 6.77. The zero-order valence-electron chi connectivity index (χ0n) is 16.4. The number of hydrogen-bond acceptors (Lipinski definition) is 5. The Morgan fingerprint density at radius 3 is 2.52 bits per heavy atom. The van der Waals surface area contributed by atoms with E-state index < -0.39 is 18.0 Å². The quantitative estimate of drug-likeness (QED) is 0.199. The maximum Gasteiger partial charge on any atom is 0.343 e. The summed E-state index contributed by atoms with van der Waals surface area (Å²) in [5.74, 6) is -0.962. The fourth-order valence-electron chi connectivity index (χ4n) is 2.72. The number of nitrogens with one attached hydrogen (secondary N) is 1. The van der Waals surface area contributed by atoms with Crippen molar-refractivity contribution in [2.24, 2.45) is 5.10 Å². The van der Waals surface area contributed by atoms with Crippen molar-refractivity contribution in [2.45, 2.75) is 13.0 Å². The molecule has 0 aliphatic heterocycles. The number of amides is 1. The first kappa shape index (κ1) is 22.9. The van der Waals surface area contributed by atoms with Gasteiger partial charge in [-0.25, -0.2) is 10.2 Å². The van der Waals surface area contributed by atoms with Crippen LogP contribution in [0.2, 0.25) is 0 Å². The summed E-state index contributed by atoms with van der Waals surface area (Å²) in [5.41, 5.74) is 4.54. The lowest BCUT2D eigenvalue weighted by Crippen LogP contribution is -2.25. The van der Waals surface area contributed by atoms with Crippen molar-refractivity contribution in [2.75, 3.05) is 0 Å². The number of esters is 1. The molecule has 0 bridgehead atoms. The van der Waals surface area contributed by atoms with E-state index in [1.807, 2.05) is 13.0 Å². The molecule has 8 heteroatoms. The molecule has 1 atom stereocenters. The van der Waals surface area contributed by atoms with Gasteiger partial charge in [0.2, 0.25) is 0 Å². The molecule has 0 fully saturated rings. The van der Waals surface area contributed by atoms with Gasteiger partial charge in [-0.1, -0.05) is 64.0 Å². The highest BCUT2D eigenvalue weighted by Gasteiger charge is 2.17. The number of carbonyl (C=O) groups is 2. The SMILES string of the molecule is Cc1cccc(C(=O)Oc2c(Br)cc(Br)cc2C=NNC(=O)C(O)c2ccccc2)c1.